The summed E-state index contributed by atoms with van der Waals surface area (Å²) in [4.78, 5) is 43.0. The van der Waals surface area contributed by atoms with Crippen LogP contribution in [0.1, 0.15) is 49.8 Å². The summed E-state index contributed by atoms with van der Waals surface area (Å²) in [5, 5.41) is 45.5. The lowest BCUT2D eigenvalue weighted by atomic mass is 9.57. The van der Waals surface area contributed by atoms with E-state index in [0.29, 0.717) is 34.5 Å². The summed E-state index contributed by atoms with van der Waals surface area (Å²) < 4.78 is 0. The molecule has 1 aromatic carbocycles. The second-order valence-electron chi connectivity index (χ2n) is 12.5. The third-order valence-corrected chi connectivity index (χ3v) is 10.2. The topological polar surface area (TPSA) is 165 Å². The molecule has 0 spiro atoms. The molecule has 5 rings (SSSR count). The molecule has 0 aromatic heterocycles. The summed E-state index contributed by atoms with van der Waals surface area (Å²) in [6, 6.07) is 0.373. The highest BCUT2D eigenvalue weighted by atomic mass is 35.5. The molecule has 1 aromatic rings. The lowest BCUT2D eigenvalue weighted by Crippen LogP contribution is -2.65. The standard InChI is InChI=1S/C30H38ClN3O7/c1-13(2)14-5-7-34(8-6-14)12-16-11-19(35)21-17(23(16)31)9-15-10-18-24(33(3)4)26(37)22(29(32)40)28(39)30(18,41)27(38)20(15)25(21)36/h11,13-15,18,24,35-36,39,41H,5-10,12H2,1-4H3,(H2,32,40)/t15-,18-,24-,30-/m0/s1. The maximum Gasteiger partial charge on any atom is 0.255 e. The number of phenolic OH excluding ortho intramolecular Hbond substituents is 1. The van der Waals surface area contributed by atoms with Crippen LogP contribution < -0.4 is 5.73 Å². The van der Waals surface area contributed by atoms with Crippen molar-refractivity contribution in [1.82, 2.24) is 9.80 Å². The first kappa shape index (κ1) is 29.6. The summed E-state index contributed by atoms with van der Waals surface area (Å²) in [5.41, 5.74) is 2.90. The molecular formula is C30H38ClN3O7. The molecule has 4 atom stereocenters. The number of aliphatic hydroxyl groups excluding tert-OH is 2. The molecule has 1 heterocycles. The zero-order valence-corrected chi connectivity index (χ0v) is 24.5. The monoisotopic (exact) mass is 587 g/mol. The van der Waals surface area contributed by atoms with Crippen molar-refractivity contribution in [1.29, 1.82) is 0 Å². The molecule has 222 valence electrons. The van der Waals surface area contributed by atoms with Crippen LogP contribution in [-0.4, -0.2) is 86.5 Å². The first-order valence-electron chi connectivity index (χ1n) is 14.1. The van der Waals surface area contributed by atoms with Gasteiger partial charge < -0.3 is 26.2 Å². The Kier molecular flexibility index (Phi) is 7.51. The Morgan fingerprint density at radius 1 is 1.20 bits per heavy atom. The van der Waals surface area contributed by atoms with Crippen molar-refractivity contribution in [2.24, 2.45) is 29.4 Å². The predicted molar refractivity (Wildman–Crippen MR) is 152 cm³/mol. The number of amides is 1. The highest BCUT2D eigenvalue weighted by molar-refractivity contribution is 6.32. The largest absolute Gasteiger partial charge is 0.508 e. The van der Waals surface area contributed by atoms with E-state index in [-0.39, 0.29) is 29.7 Å². The molecule has 4 aliphatic rings. The van der Waals surface area contributed by atoms with Gasteiger partial charge in [0.25, 0.3) is 5.91 Å². The van der Waals surface area contributed by atoms with Gasteiger partial charge in [0.15, 0.2) is 11.4 Å². The fraction of sp³-hybridized carbons (Fsp3) is 0.567. The van der Waals surface area contributed by atoms with E-state index in [9.17, 15) is 34.8 Å². The number of nitrogens with zero attached hydrogens (tertiary/aromatic N) is 2. The minimum Gasteiger partial charge on any atom is -0.508 e. The molecule has 11 heteroatoms. The summed E-state index contributed by atoms with van der Waals surface area (Å²) >= 11 is 6.91. The number of rotatable bonds is 5. The molecule has 2 fully saturated rings. The minimum absolute atomic E-state index is 0.00792. The SMILES string of the molecule is CC(C)C1CCN(Cc2cc(O)c3c(c2Cl)C[C@H]2C[C@H]4[C@H](N(C)C)C(=O)C(C(N)=O)=C(O)[C@@]4(O)C(=O)C2=C3O)CC1. The number of piperidine rings is 1. The fourth-order valence-corrected chi connectivity index (χ4v) is 7.77. The second kappa shape index (κ2) is 10.4. The number of ketones is 2. The van der Waals surface area contributed by atoms with E-state index >= 15 is 0 Å². The van der Waals surface area contributed by atoms with E-state index in [1.165, 1.54) is 11.0 Å². The number of aromatic hydroxyl groups is 1. The van der Waals surface area contributed by atoms with E-state index < -0.39 is 58.0 Å². The lowest BCUT2D eigenvalue weighted by Gasteiger charge is -2.50. The van der Waals surface area contributed by atoms with Crippen molar-refractivity contribution in [2.75, 3.05) is 27.2 Å². The van der Waals surface area contributed by atoms with Crippen molar-refractivity contribution in [3.05, 3.63) is 44.7 Å². The number of Topliss-reactive ketones (excluding diaryl/α,β-unsaturated/α-hetero) is 2. The lowest BCUT2D eigenvalue weighted by molar-refractivity contribution is -0.153. The van der Waals surface area contributed by atoms with Crippen molar-refractivity contribution < 1.29 is 34.8 Å². The molecule has 1 amide bonds. The zero-order chi connectivity index (χ0) is 30.1. The van der Waals surface area contributed by atoms with E-state index in [1.54, 1.807) is 14.1 Å². The van der Waals surface area contributed by atoms with E-state index in [4.69, 9.17) is 17.3 Å². The van der Waals surface area contributed by atoms with Crippen LogP contribution in [0.2, 0.25) is 5.02 Å². The molecule has 1 aliphatic heterocycles. The first-order chi connectivity index (χ1) is 19.2. The molecular weight excluding hydrogens is 550 g/mol. The summed E-state index contributed by atoms with van der Waals surface area (Å²) in [6.45, 7) is 6.83. The van der Waals surface area contributed by atoms with Gasteiger partial charge in [-0.2, -0.15) is 0 Å². The third kappa shape index (κ3) is 4.47. The number of aliphatic hydroxyl groups is 3. The average Bonchev–Trinajstić information content (AvgIpc) is 2.89. The predicted octanol–water partition coefficient (Wildman–Crippen LogP) is 2.49. The van der Waals surface area contributed by atoms with Crippen LogP contribution in [0.15, 0.2) is 23.0 Å². The number of fused-ring (bicyclic) bond motifs is 3. The van der Waals surface area contributed by atoms with Gasteiger partial charge in [-0.05, 0) is 87.8 Å². The van der Waals surface area contributed by atoms with Gasteiger partial charge in [0, 0.05) is 23.1 Å². The molecule has 0 radical (unpaired) electrons. The van der Waals surface area contributed by atoms with Crippen LogP contribution in [-0.2, 0) is 27.3 Å². The maximum atomic E-state index is 13.9. The molecule has 0 bridgehead atoms. The Morgan fingerprint density at radius 3 is 2.39 bits per heavy atom. The number of phenols is 1. The van der Waals surface area contributed by atoms with Crippen LogP contribution in [0.3, 0.4) is 0 Å². The molecule has 41 heavy (non-hydrogen) atoms. The van der Waals surface area contributed by atoms with Crippen molar-refractivity contribution >= 4 is 34.8 Å². The van der Waals surface area contributed by atoms with Crippen molar-refractivity contribution in [3.63, 3.8) is 0 Å². The number of nitrogens with two attached hydrogens (primary N) is 1. The first-order valence-corrected chi connectivity index (χ1v) is 14.5. The fourth-order valence-electron chi connectivity index (χ4n) is 7.48. The van der Waals surface area contributed by atoms with Gasteiger partial charge in [0.1, 0.15) is 22.8 Å². The number of carbonyl (C=O) groups is 3. The van der Waals surface area contributed by atoms with Gasteiger partial charge in [-0.25, -0.2) is 0 Å². The number of primary amides is 1. The summed E-state index contributed by atoms with van der Waals surface area (Å²) in [6.07, 6.45) is 2.36. The van der Waals surface area contributed by atoms with Crippen molar-refractivity contribution in [3.8, 4) is 5.75 Å². The van der Waals surface area contributed by atoms with E-state index in [2.05, 4.69) is 18.7 Å². The molecule has 3 aliphatic carbocycles. The van der Waals surface area contributed by atoms with Gasteiger partial charge in [-0.3, -0.25) is 24.2 Å². The quantitative estimate of drug-likeness (QED) is 0.325. The Bertz CT molecular complexity index is 1390. The Labute approximate surface area is 244 Å². The molecule has 6 N–H and O–H groups in total. The summed E-state index contributed by atoms with van der Waals surface area (Å²) in [7, 11) is 3.14. The molecule has 10 nitrogen and oxygen atoms in total. The van der Waals surface area contributed by atoms with Gasteiger partial charge in [0.05, 0.1) is 11.6 Å². The van der Waals surface area contributed by atoms with Gasteiger partial charge in [0.2, 0.25) is 5.78 Å². The van der Waals surface area contributed by atoms with E-state index in [1.807, 2.05) is 0 Å². The number of likely N-dealkylation sites (N-methyl/N-ethyl adjacent to an activating group) is 1. The van der Waals surface area contributed by atoms with Crippen molar-refractivity contribution in [2.45, 2.75) is 57.7 Å². The Morgan fingerprint density at radius 2 is 1.83 bits per heavy atom. The highest BCUT2D eigenvalue weighted by Gasteiger charge is 2.64. The van der Waals surface area contributed by atoms with Crippen LogP contribution >= 0.6 is 11.6 Å². The maximum absolute atomic E-state index is 13.9. The smallest absolute Gasteiger partial charge is 0.255 e. The molecule has 0 unspecified atom stereocenters. The number of likely N-dealkylation sites (tertiary alicyclic amines) is 1. The van der Waals surface area contributed by atoms with Crippen LogP contribution in [0.5, 0.6) is 5.75 Å². The van der Waals surface area contributed by atoms with Crippen LogP contribution in [0.4, 0.5) is 0 Å². The molecule has 1 saturated carbocycles. The number of hydrogen-bond donors (Lipinski definition) is 5. The van der Waals surface area contributed by atoms with E-state index in [0.717, 1.165) is 25.9 Å². The number of halogens is 1. The van der Waals surface area contributed by atoms with Crippen LogP contribution in [0, 0.1) is 23.7 Å². The normalized spacial score (nSPS) is 29.2. The van der Waals surface area contributed by atoms with Gasteiger partial charge in [-0.15, -0.1) is 0 Å². The Hall–Kier alpha value is -2.92. The highest BCUT2D eigenvalue weighted by Crippen LogP contribution is 2.53. The average molecular weight is 588 g/mol. The second-order valence-corrected chi connectivity index (χ2v) is 12.9. The number of benzene rings is 1. The van der Waals surface area contributed by atoms with Gasteiger partial charge in [-0.1, -0.05) is 25.4 Å². The number of carbonyl (C=O) groups excluding carboxylic acids is 3. The van der Waals surface area contributed by atoms with Crippen LogP contribution in [0.25, 0.3) is 5.76 Å². The molecule has 1 saturated heterocycles. The third-order valence-electron chi connectivity index (χ3n) is 9.70. The summed E-state index contributed by atoms with van der Waals surface area (Å²) in [5.74, 6) is -5.46. The van der Waals surface area contributed by atoms with Gasteiger partial charge >= 0.3 is 0 Å². The number of hydrogen-bond acceptors (Lipinski definition) is 9. The zero-order valence-electron chi connectivity index (χ0n) is 23.8. The minimum atomic E-state index is -2.66. The Balaban J connectivity index is 1.56.